The van der Waals surface area contributed by atoms with Gasteiger partial charge in [0.05, 0.1) is 23.9 Å². The van der Waals surface area contributed by atoms with Gasteiger partial charge < -0.3 is 19.7 Å². The highest BCUT2D eigenvalue weighted by Gasteiger charge is 2.17. The lowest BCUT2D eigenvalue weighted by atomic mass is 9.93. The highest BCUT2D eigenvalue weighted by Crippen LogP contribution is 2.27. The molecule has 0 unspecified atom stereocenters. The van der Waals surface area contributed by atoms with E-state index in [0.717, 1.165) is 57.1 Å². The lowest BCUT2D eigenvalue weighted by molar-refractivity contribution is 0.0645. The Kier molecular flexibility index (Phi) is 7.82. The number of ether oxygens (including phenoxy) is 2. The van der Waals surface area contributed by atoms with E-state index in [2.05, 4.69) is 46.5 Å². The first-order valence-corrected chi connectivity index (χ1v) is 12.7. The number of aryl methyl sites for hydroxylation is 1. The summed E-state index contributed by atoms with van der Waals surface area (Å²) in [4.78, 5) is 19.4. The summed E-state index contributed by atoms with van der Waals surface area (Å²) in [6.45, 7) is 4.63. The Hall–Kier alpha value is -2.97. The molecule has 8 heteroatoms. The quantitative estimate of drug-likeness (QED) is 0.500. The van der Waals surface area contributed by atoms with E-state index in [4.69, 9.17) is 21.1 Å². The molecule has 1 aromatic carbocycles. The summed E-state index contributed by atoms with van der Waals surface area (Å²) < 4.78 is 13.0. The monoisotopic (exact) mass is 506 g/mol. The molecule has 188 valence electrons. The van der Waals surface area contributed by atoms with Crippen LogP contribution in [-0.2, 0) is 24.3 Å². The van der Waals surface area contributed by atoms with Crippen LogP contribution in [0.2, 0.25) is 5.02 Å². The first-order valence-electron chi connectivity index (χ1n) is 12.3. The van der Waals surface area contributed by atoms with Crippen molar-refractivity contribution in [2.75, 3.05) is 33.4 Å². The van der Waals surface area contributed by atoms with E-state index in [1.54, 1.807) is 29.1 Å². The SMILES string of the molecule is CN(Cc1ccc2c(c1)CCC(n1ccc(OCc3ccc(Cl)cn3)cc1=O)=C2)C[C@H]1COCCN1. The standard InChI is InChI=1S/C28H31ClN4O3/c1-32(17-25-18-35-11-9-30-25)16-20-2-3-22-13-26(7-4-21(22)12-20)33-10-8-27(14-28(33)34)36-19-24-6-5-23(29)15-31-24/h2-3,5-6,8,10,12-15,25,30H,4,7,9,11,16-19H2,1H3/t25-/m0/s1. The molecule has 1 atom stereocenters. The van der Waals surface area contributed by atoms with Crippen molar-refractivity contribution >= 4 is 23.4 Å². The summed E-state index contributed by atoms with van der Waals surface area (Å²) in [7, 11) is 2.15. The van der Waals surface area contributed by atoms with Crippen LogP contribution in [0.15, 0.2) is 59.7 Å². The third-order valence-corrected chi connectivity index (χ3v) is 6.76. The van der Waals surface area contributed by atoms with E-state index in [-0.39, 0.29) is 12.2 Å². The van der Waals surface area contributed by atoms with Gasteiger partial charge in [-0.05, 0) is 60.9 Å². The van der Waals surface area contributed by atoms with Gasteiger partial charge in [-0.2, -0.15) is 0 Å². The van der Waals surface area contributed by atoms with Crippen LogP contribution in [0.25, 0.3) is 11.8 Å². The molecule has 5 rings (SSSR count). The second kappa shape index (κ2) is 11.4. The molecular weight excluding hydrogens is 476 g/mol. The van der Waals surface area contributed by atoms with Crippen LogP contribution in [0.1, 0.15) is 28.8 Å². The predicted octanol–water partition coefficient (Wildman–Crippen LogP) is 3.84. The van der Waals surface area contributed by atoms with Crippen LogP contribution in [0.4, 0.5) is 0 Å². The van der Waals surface area contributed by atoms with Gasteiger partial charge in [0.2, 0.25) is 0 Å². The van der Waals surface area contributed by atoms with E-state index in [0.29, 0.717) is 16.8 Å². The van der Waals surface area contributed by atoms with Crippen molar-refractivity contribution in [3.05, 3.63) is 92.6 Å². The molecule has 1 fully saturated rings. The van der Waals surface area contributed by atoms with Crippen molar-refractivity contribution in [3.63, 3.8) is 0 Å². The van der Waals surface area contributed by atoms with Crippen LogP contribution in [0.3, 0.4) is 0 Å². The second-order valence-corrected chi connectivity index (χ2v) is 9.86. The number of fused-ring (bicyclic) bond motifs is 1. The lowest BCUT2D eigenvalue weighted by Crippen LogP contribution is -2.47. The number of allylic oxidation sites excluding steroid dienone is 1. The van der Waals surface area contributed by atoms with Gasteiger partial charge >= 0.3 is 0 Å². The first-order chi connectivity index (χ1) is 17.5. The van der Waals surface area contributed by atoms with Crippen LogP contribution < -0.4 is 15.6 Å². The fraction of sp³-hybridized carbons (Fsp3) is 0.357. The fourth-order valence-corrected chi connectivity index (χ4v) is 4.86. The predicted molar refractivity (Wildman–Crippen MR) is 142 cm³/mol. The number of pyridine rings is 2. The van der Waals surface area contributed by atoms with Gasteiger partial charge in [-0.15, -0.1) is 0 Å². The number of likely N-dealkylation sites (N-methyl/N-ethyl adjacent to an activating group) is 1. The molecule has 0 spiro atoms. The topological polar surface area (TPSA) is 68.6 Å². The van der Waals surface area contributed by atoms with Crippen LogP contribution >= 0.6 is 11.6 Å². The average Bonchev–Trinajstić information content (AvgIpc) is 2.89. The molecular formula is C28H31ClN4O3. The molecule has 3 aromatic rings. The molecule has 1 aliphatic carbocycles. The second-order valence-electron chi connectivity index (χ2n) is 9.42. The molecule has 1 aliphatic heterocycles. The summed E-state index contributed by atoms with van der Waals surface area (Å²) in [5, 5.41) is 4.09. The first kappa shape index (κ1) is 24.7. The number of halogens is 1. The normalized spacial score (nSPS) is 17.5. The van der Waals surface area contributed by atoms with Crippen molar-refractivity contribution in [2.24, 2.45) is 0 Å². The number of hydrogen-bond acceptors (Lipinski definition) is 6. The van der Waals surface area contributed by atoms with Crippen molar-refractivity contribution in [1.82, 2.24) is 19.8 Å². The van der Waals surface area contributed by atoms with Gasteiger partial charge in [0, 0.05) is 49.8 Å². The smallest absolute Gasteiger partial charge is 0.258 e. The number of nitrogens with one attached hydrogen (secondary N) is 1. The molecule has 36 heavy (non-hydrogen) atoms. The van der Waals surface area contributed by atoms with Crippen LogP contribution in [0, 0.1) is 0 Å². The van der Waals surface area contributed by atoms with Gasteiger partial charge in [-0.1, -0.05) is 29.8 Å². The molecule has 2 aromatic heterocycles. The van der Waals surface area contributed by atoms with Crippen molar-refractivity contribution in [3.8, 4) is 5.75 Å². The number of morpholine rings is 1. The maximum Gasteiger partial charge on any atom is 0.258 e. The van der Waals surface area contributed by atoms with E-state index < -0.39 is 0 Å². The number of benzene rings is 1. The third-order valence-electron chi connectivity index (χ3n) is 6.54. The maximum absolute atomic E-state index is 12.8. The van der Waals surface area contributed by atoms with Crippen molar-refractivity contribution < 1.29 is 9.47 Å². The minimum atomic E-state index is -0.107. The molecule has 0 amide bonds. The zero-order valence-corrected chi connectivity index (χ0v) is 21.2. The molecule has 3 heterocycles. The Labute approximate surface area is 216 Å². The van der Waals surface area contributed by atoms with E-state index >= 15 is 0 Å². The fourth-order valence-electron chi connectivity index (χ4n) is 4.75. The Morgan fingerprint density at radius 2 is 2.14 bits per heavy atom. The summed E-state index contributed by atoms with van der Waals surface area (Å²) in [6.07, 6.45) is 7.21. The maximum atomic E-state index is 12.8. The number of rotatable bonds is 8. The Morgan fingerprint density at radius 1 is 1.22 bits per heavy atom. The van der Waals surface area contributed by atoms with Gasteiger partial charge in [0.1, 0.15) is 12.4 Å². The van der Waals surface area contributed by atoms with Crippen molar-refractivity contribution in [1.29, 1.82) is 0 Å². The molecule has 2 aliphatic rings. The molecule has 7 nitrogen and oxygen atoms in total. The zero-order valence-electron chi connectivity index (χ0n) is 20.5. The van der Waals surface area contributed by atoms with Crippen molar-refractivity contribution in [2.45, 2.75) is 32.0 Å². The largest absolute Gasteiger partial charge is 0.487 e. The minimum absolute atomic E-state index is 0.107. The van der Waals surface area contributed by atoms with E-state index in [9.17, 15) is 4.79 Å². The molecule has 0 radical (unpaired) electrons. The van der Waals surface area contributed by atoms with Gasteiger partial charge in [0.25, 0.3) is 5.56 Å². The highest BCUT2D eigenvalue weighted by molar-refractivity contribution is 6.30. The lowest BCUT2D eigenvalue weighted by Gasteiger charge is -2.28. The number of aromatic nitrogens is 2. The Bertz CT molecular complexity index is 1280. The molecule has 1 saturated heterocycles. The molecule has 0 saturated carbocycles. The summed E-state index contributed by atoms with van der Waals surface area (Å²) in [5.74, 6) is 0.522. The Balaban J connectivity index is 1.22. The van der Waals surface area contributed by atoms with Gasteiger partial charge in [-0.3, -0.25) is 14.3 Å². The van der Waals surface area contributed by atoms with Gasteiger partial charge in [0.15, 0.2) is 0 Å². The average molecular weight is 507 g/mol. The zero-order chi connectivity index (χ0) is 24.9. The third kappa shape index (κ3) is 6.23. The van der Waals surface area contributed by atoms with Crippen LogP contribution in [-0.4, -0.2) is 53.8 Å². The Morgan fingerprint density at radius 3 is 2.92 bits per heavy atom. The van der Waals surface area contributed by atoms with E-state index in [1.165, 1.54) is 22.8 Å². The number of hydrogen-bond donors (Lipinski definition) is 1. The minimum Gasteiger partial charge on any atom is -0.487 e. The summed E-state index contributed by atoms with van der Waals surface area (Å²) in [6, 6.07) is 14.0. The summed E-state index contributed by atoms with van der Waals surface area (Å²) in [5.41, 5.74) is 5.44. The molecule has 1 N–H and O–H groups in total. The molecule has 0 bridgehead atoms. The summed E-state index contributed by atoms with van der Waals surface area (Å²) >= 11 is 5.87. The van der Waals surface area contributed by atoms with Crippen LogP contribution in [0.5, 0.6) is 5.75 Å². The number of nitrogens with zero attached hydrogens (tertiary/aromatic N) is 3. The van der Waals surface area contributed by atoms with E-state index in [1.807, 2.05) is 6.07 Å². The van der Waals surface area contributed by atoms with Gasteiger partial charge in [-0.25, -0.2) is 0 Å². The highest BCUT2D eigenvalue weighted by atomic mass is 35.5.